The van der Waals surface area contributed by atoms with Crippen LogP contribution in [0.5, 0.6) is 0 Å². The molecular weight excluding hydrogens is 362 g/mol. The molecule has 7 nitrogen and oxygen atoms in total. The topological polar surface area (TPSA) is 91.0 Å². The maximum atomic E-state index is 12.4. The number of aromatic amines is 1. The average Bonchev–Trinajstić information content (AvgIpc) is 3.38. The van der Waals surface area contributed by atoms with Gasteiger partial charge in [-0.1, -0.05) is 0 Å². The standard InChI is InChI=1S/C19H19N5O2S/c25-17(22-15-3-1-13(2-4-15)19-20-12-21-23-19)5-6-18(26)24-9-7-16-14(11-24)8-10-27-16/h1-4,8,10,12H,5-7,9,11H2,(H,22,25)(H,20,21,23). The number of benzene rings is 1. The second kappa shape index (κ2) is 7.71. The summed E-state index contributed by atoms with van der Waals surface area (Å²) in [5.41, 5.74) is 2.81. The van der Waals surface area contributed by atoms with Gasteiger partial charge in [0.25, 0.3) is 0 Å². The van der Waals surface area contributed by atoms with Crippen LogP contribution in [0.3, 0.4) is 0 Å². The number of hydrogen-bond donors (Lipinski definition) is 2. The fraction of sp³-hybridized carbons (Fsp3) is 0.263. The van der Waals surface area contributed by atoms with E-state index in [0.717, 1.165) is 18.5 Å². The third-order valence-electron chi connectivity index (χ3n) is 4.58. The quantitative estimate of drug-likeness (QED) is 0.711. The number of amides is 2. The predicted octanol–water partition coefficient (Wildman–Crippen LogP) is 2.84. The summed E-state index contributed by atoms with van der Waals surface area (Å²) in [5, 5.41) is 11.5. The number of aromatic nitrogens is 3. The smallest absolute Gasteiger partial charge is 0.224 e. The summed E-state index contributed by atoms with van der Waals surface area (Å²) in [5.74, 6) is 0.542. The number of H-pyrrole nitrogens is 1. The van der Waals surface area contributed by atoms with Crippen molar-refractivity contribution in [2.24, 2.45) is 0 Å². The zero-order valence-electron chi connectivity index (χ0n) is 14.6. The van der Waals surface area contributed by atoms with Crippen molar-refractivity contribution in [1.29, 1.82) is 0 Å². The lowest BCUT2D eigenvalue weighted by Crippen LogP contribution is -2.35. The number of nitrogens with zero attached hydrogens (tertiary/aromatic N) is 3. The fourth-order valence-corrected chi connectivity index (χ4v) is 4.01. The van der Waals surface area contributed by atoms with Gasteiger partial charge in [-0.2, -0.15) is 5.10 Å². The molecule has 0 bridgehead atoms. The van der Waals surface area contributed by atoms with Crippen molar-refractivity contribution in [3.8, 4) is 11.4 Å². The number of anilines is 1. The lowest BCUT2D eigenvalue weighted by molar-refractivity contribution is -0.133. The molecule has 1 aliphatic heterocycles. The maximum absolute atomic E-state index is 12.4. The number of hydrogen-bond acceptors (Lipinski definition) is 5. The van der Waals surface area contributed by atoms with Gasteiger partial charge < -0.3 is 10.2 Å². The number of carbonyl (C=O) groups excluding carboxylic acids is 2. The Morgan fingerprint density at radius 1 is 1.19 bits per heavy atom. The van der Waals surface area contributed by atoms with Gasteiger partial charge in [-0.3, -0.25) is 14.7 Å². The van der Waals surface area contributed by atoms with Crippen molar-refractivity contribution < 1.29 is 9.59 Å². The molecule has 0 radical (unpaired) electrons. The zero-order chi connectivity index (χ0) is 18.6. The maximum Gasteiger partial charge on any atom is 0.224 e. The molecule has 1 aliphatic rings. The molecule has 138 valence electrons. The first kappa shape index (κ1) is 17.4. The van der Waals surface area contributed by atoms with Crippen LogP contribution < -0.4 is 5.32 Å². The summed E-state index contributed by atoms with van der Waals surface area (Å²) in [7, 11) is 0. The van der Waals surface area contributed by atoms with Crippen LogP contribution in [0.15, 0.2) is 42.0 Å². The van der Waals surface area contributed by atoms with Crippen molar-refractivity contribution in [3.05, 3.63) is 52.5 Å². The predicted molar refractivity (Wildman–Crippen MR) is 103 cm³/mol. The molecule has 4 rings (SSSR count). The average molecular weight is 381 g/mol. The Hall–Kier alpha value is -3.00. The first-order chi connectivity index (χ1) is 13.2. The first-order valence-electron chi connectivity index (χ1n) is 8.78. The summed E-state index contributed by atoms with van der Waals surface area (Å²) in [6.45, 7) is 1.39. The Bertz CT molecular complexity index is 933. The second-order valence-electron chi connectivity index (χ2n) is 6.39. The van der Waals surface area contributed by atoms with Crippen LogP contribution in [-0.2, 0) is 22.6 Å². The van der Waals surface area contributed by atoms with Crippen LogP contribution in [-0.4, -0.2) is 38.4 Å². The third kappa shape index (κ3) is 4.06. The molecule has 0 aliphatic carbocycles. The van der Waals surface area contributed by atoms with E-state index in [-0.39, 0.29) is 24.7 Å². The minimum Gasteiger partial charge on any atom is -0.338 e. The van der Waals surface area contributed by atoms with Crippen molar-refractivity contribution in [2.45, 2.75) is 25.8 Å². The zero-order valence-corrected chi connectivity index (χ0v) is 15.5. The van der Waals surface area contributed by atoms with E-state index in [4.69, 9.17) is 0 Å². The van der Waals surface area contributed by atoms with Gasteiger partial charge in [0, 0.05) is 42.1 Å². The van der Waals surface area contributed by atoms with E-state index < -0.39 is 0 Å². The van der Waals surface area contributed by atoms with E-state index in [2.05, 4.69) is 31.9 Å². The van der Waals surface area contributed by atoms with Gasteiger partial charge >= 0.3 is 0 Å². The summed E-state index contributed by atoms with van der Waals surface area (Å²) < 4.78 is 0. The molecular formula is C19H19N5O2S. The molecule has 3 aromatic rings. The lowest BCUT2D eigenvalue weighted by atomic mass is 10.1. The molecule has 0 unspecified atom stereocenters. The van der Waals surface area contributed by atoms with Gasteiger partial charge in [0.05, 0.1) is 0 Å². The molecule has 2 aromatic heterocycles. The van der Waals surface area contributed by atoms with Crippen LogP contribution in [0.4, 0.5) is 5.69 Å². The van der Waals surface area contributed by atoms with E-state index in [1.807, 2.05) is 17.0 Å². The number of rotatable bonds is 5. The largest absolute Gasteiger partial charge is 0.338 e. The highest BCUT2D eigenvalue weighted by atomic mass is 32.1. The minimum atomic E-state index is -0.163. The third-order valence-corrected chi connectivity index (χ3v) is 5.61. The van der Waals surface area contributed by atoms with Crippen molar-refractivity contribution in [2.75, 3.05) is 11.9 Å². The van der Waals surface area contributed by atoms with Crippen LogP contribution in [0, 0.1) is 0 Å². The summed E-state index contributed by atoms with van der Waals surface area (Å²) in [6, 6.07) is 9.40. The Morgan fingerprint density at radius 2 is 2.04 bits per heavy atom. The number of thiophene rings is 1. The van der Waals surface area contributed by atoms with Crippen LogP contribution >= 0.6 is 11.3 Å². The van der Waals surface area contributed by atoms with E-state index in [9.17, 15) is 9.59 Å². The van der Waals surface area contributed by atoms with Gasteiger partial charge in [-0.25, -0.2) is 4.98 Å². The van der Waals surface area contributed by atoms with Crippen LogP contribution in [0.25, 0.3) is 11.4 Å². The van der Waals surface area contributed by atoms with Gasteiger partial charge in [-0.05, 0) is 47.7 Å². The highest BCUT2D eigenvalue weighted by molar-refractivity contribution is 7.10. The molecule has 0 fully saturated rings. The molecule has 0 spiro atoms. The Labute approximate surface area is 160 Å². The number of fused-ring (bicyclic) bond motifs is 1. The molecule has 0 saturated heterocycles. The van der Waals surface area contributed by atoms with Gasteiger partial charge in [0.1, 0.15) is 6.33 Å². The van der Waals surface area contributed by atoms with Crippen molar-refractivity contribution >= 4 is 28.8 Å². The highest BCUT2D eigenvalue weighted by Gasteiger charge is 2.21. The van der Waals surface area contributed by atoms with Gasteiger partial charge in [0.15, 0.2) is 5.82 Å². The lowest BCUT2D eigenvalue weighted by Gasteiger charge is -2.27. The Morgan fingerprint density at radius 3 is 2.81 bits per heavy atom. The molecule has 0 atom stereocenters. The monoisotopic (exact) mass is 381 g/mol. The summed E-state index contributed by atoms with van der Waals surface area (Å²) in [6.07, 6.45) is 2.75. The van der Waals surface area contributed by atoms with Crippen LogP contribution in [0.2, 0.25) is 0 Å². The summed E-state index contributed by atoms with van der Waals surface area (Å²) >= 11 is 1.75. The molecule has 2 amide bonds. The minimum absolute atomic E-state index is 0.0302. The normalized spacial score (nSPS) is 13.3. The highest BCUT2D eigenvalue weighted by Crippen LogP contribution is 2.24. The Balaban J connectivity index is 1.26. The van der Waals surface area contributed by atoms with E-state index >= 15 is 0 Å². The fourth-order valence-electron chi connectivity index (χ4n) is 3.12. The van der Waals surface area contributed by atoms with Crippen molar-refractivity contribution in [1.82, 2.24) is 20.1 Å². The molecule has 3 heterocycles. The number of carbonyl (C=O) groups is 2. The molecule has 8 heteroatoms. The van der Waals surface area contributed by atoms with E-state index in [1.165, 1.54) is 16.8 Å². The van der Waals surface area contributed by atoms with Crippen molar-refractivity contribution in [3.63, 3.8) is 0 Å². The van der Waals surface area contributed by atoms with Crippen LogP contribution in [0.1, 0.15) is 23.3 Å². The molecule has 0 saturated carbocycles. The summed E-state index contributed by atoms with van der Waals surface area (Å²) in [4.78, 5) is 31.9. The molecule has 2 N–H and O–H groups in total. The number of nitrogens with one attached hydrogen (secondary N) is 2. The first-order valence-corrected chi connectivity index (χ1v) is 9.65. The van der Waals surface area contributed by atoms with Gasteiger partial charge in [0.2, 0.25) is 11.8 Å². The second-order valence-corrected chi connectivity index (χ2v) is 7.39. The van der Waals surface area contributed by atoms with E-state index in [1.54, 1.807) is 23.5 Å². The molecule has 27 heavy (non-hydrogen) atoms. The van der Waals surface area contributed by atoms with E-state index in [0.29, 0.717) is 18.1 Å². The SMILES string of the molecule is O=C(CCC(=O)N1CCc2sccc2C1)Nc1ccc(-c2ncn[nH]2)cc1. The molecule has 1 aromatic carbocycles. The Kier molecular flexibility index (Phi) is 4.97. The van der Waals surface area contributed by atoms with Gasteiger partial charge in [-0.15, -0.1) is 11.3 Å².